The van der Waals surface area contributed by atoms with E-state index in [2.05, 4.69) is 13.8 Å². The maximum atomic E-state index is 6.41. The molecule has 4 rings (SSSR count). The zero-order chi connectivity index (χ0) is 27.1. The van der Waals surface area contributed by atoms with E-state index in [0.29, 0.717) is 0 Å². The molecule has 0 atom stereocenters. The normalized spacial score (nSPS) is 36.2. The minimum atomic E-state index is 0.865. The lowest BCUT2D eigenvalue weighted by molar-refractivity contribution is 0.0299. The topological polar surface area (TPSA) is 9.23 Å². The second kappa shape index (κ2) is 18.5. The number of hydrogen-bond acceptors (Lipinski definition) is 1. The van der Waals surface area contributed by atoms with Crippen LogP contribution in [0, 0.1) is 47.3 Å². The number of ether oxygens (including phenoxy) is 1. The standard InChI is InChI=1S/C38H70O/c1-3-5-7-9-11-31-13-21-35(22-14-31)37-25-17-33(18-26-37)29-39-30-34-19-27-38(28-20-34)36-23-15-32(16-24-36)12-10-8-6-4-2/h31-38H,3-30H2,1-2H3. The van der Waals surface area contributed by atoms with Crippen LogP contribution >= 0.6 is 0 Å². The van der Waals surface area contributed by atoms with Gasteiger partial charge in [-0.3, -0.25) is 0 Å². The summed E-state index contributed by atoms with van der Waals surface area (Å²) in [7, 11) is 0. The molecule has 0 amide bonds. The lowest BCUT2D eigenvalue weighted by Gasteiger charge is -2.38. The van der Waals surface area contributed by atoms with Crippen molar-refractivity contribution >= 4 is 0 Å². The van der Waals surface area contributed by atoms with Crippen molar-refractivity contribution in [2.24, 2.45) is 47.3 Å². The molecule has 0 aromatic rings. The summed E-state index contributed by atoms with van der Waals surface area (Å²) in [4.78, 5) is 0. The fraction of sp³-hybridized carbons (Fsp3) is 1.00. The Morgan fingerprint density at radius 2 is 0.667 bits per heavy atom. The molecule has 0 aromatic heterocycles. The van der Waals surface area contributed by atoms with Gasteiger partial charge in [-0.15, -0.1) is 0 Å². The van der Waals surface area contributed by atoms with Crippen LogP contribution < -0.4 is 0 Å². The second-order valence-corrected chi connectivity index (χ2v) is 15.4. The minimum Gasteiger partial charge on any atom is -0.381 e. The molecule has 0 aromatic carbocycles. The summed E-state index contributed by atoms with van der Waals surface area (Å²) < 4.78 is 6.41. The Morgan fingerprint density at radius 3 is 0.974 bits per heavy atom. The zero-order valence-electron chi connectivity index (χ0n) is 26.8. The number of rotatable bonds is 16. The van der Waals surface area contributed by atoms with Gasteiger partial charge in [0.2, 0.25) is 0 Å². The summed E-state index contributed by atoms with van der Waals surface area (Å²) in [5.74, 6) is 8.09. The third-order valence-electron chi connectivity index (χ3n) is 12.5. The van der Waals surface area contributed by atoms with Gasteiger partial charge >= 0.3 is 0 Å². The van der Waals surface area contributed by atoms with Crippen LogP contribution in [0.15, 0.2) is 0 Å². The van der Waals surface area contributed by atoms with E-state index >= 15 is 0 Å². The van der Waals surface area contributed by atoms with Crippen LogP contribution in [0.2, 0.25) is 0 Å². The van der Waals surface area contributed by atoms with Gasteiger partial charge in [0.05, 0.1) is 0 Å². The lowest BCUT2D eigenvalue weighted by atomic mass is 9.68. The molecule has 0 radical (unpaired) electrons. The first-order valence-corrected chi connectivity index (χ1v) is 18.8. The predicted octanol–water partition coefficient (Wildman–Crippen LogP) is 12.2. The molecule has 0 spiro atoms. The third-order valence-corrected chi connectivity index (χ3v) is 12.5. The van der Waals surface area contributed by atoms with Crippen LogP contribution in [0.1, 0.15) is 181 Å². The van der Waals surface area contributed by atoms with Gasteiger partial charge in [0, 0.05) is 13.2 Å². The smallest absolute Gasteiger partial charge is 0.0494 e. The first-order chi connectivity index (χ1) is 19.2. The summed E-state index contributed by atoms with van der Waals surface area (Å²) in [5.41, 5.74) is 0. The molecule has 1 heteroatoms. The van der Waals surface area contributed by atoms with Crippen LogP contribution in [0.3, 0.4) is 0 Å². The van der Waals surface area contributed by atoms with Crippen LogP contribution in [0.5, 0.6) is 0 Å². The summed E-state index contributed by atoms with van der Waals surface area (Å²) in [6, 6.07) is 0. The Bertz CT molecular complexity index is 530. The Labute approximate surface area is 245 Å². The number of unbranched alkanes of at least 4 members (excludes halogenated alkanes) is 6. The van der Waals surface area contributed by atoms with E-state index in [0.717, 1.165) is 60.6 Å². The molecule has 228 valence electrons. The molecule has 0 bridgehead atoms. The highest BCUT2D eigenvalue weighted by Gasteiger charge is 2.32. The average Bonchev–Trinajstić information content (AvgIpc) is 2.99. The molecule has 4 aliphatic carbocycles. The van der Waals surface area contributed by atoms with Gasteiger partial charge in [-0.2, -0.15) is 0 Å². The summed E-state index contributed by atoms with van der Waals surface area (Å²) in [6.45, 7) is 6.80. The van der Waals surface area contributed by atoms with Gasteiger partial charge in [0.1, 0.15) is 0 Å². The van der Waals surface area contributed by atoms with Crippen molar-refractivity contribution in [3.8, 4) is 0 Å². The van der Waals surface area contributed by atoms with E-state index in [1.165, 1.54) is 116 Å². The van der Waals surface area contributed by atoms with Gasteiger partial charge in [-0.05, 0) is 124 Å². The van der Waals surface area contributed by atoms with E-state index in [9.17, 15) is 0 Å². The van der Waals surface area contributed by atoms with Crippen molar-refractivity contribution in [3.05, 3.63) is 0 Å². The Kier molecular flexibility index (Phi) is 15.1. The summed E-state index contributed by atoms with van der Waals surface area (Å²) in [6.07, 6.45) is 38.9. The van der Waals surface area contributed by atoms with Gasteiger partial charge in [0.25, 0.3) is 0 Å². The zero-order valence-corrected chi connectivity index (χ0v) is 26.8. The fourth-order valence-electron chi connectivity index (χ4n) is 9.67. The maximum Gasteiger partial charge on any atom is 0.0494 e. The van der Waals surface area contributed by atoms with Crippen molar-refractivity contribution in [2.75, 3.05) is 13.2 Å². The average molecular weight is 543 g/mol. The molecule has 4 aliphatic rings. The highest BCUT2D eigenvalue weighted by atomic mass is 16.5. The highest BCUT2D eigenvalue weighted by molar-refractivity contribution is 4.84. The Balaban J connectivity index is 0.995. The Morgan fingerprint density at radius 1 is 0.359 bits per heavy atom. The van der Waals surface area contributed by atoms with Crippen molar-refractivity contribution in [1.82, 2.24) is 0 Å². The first kappa shape index (κ1) is 31.9. The second-order valence-electron chi connectivity index (χ2n) is 15.4. The van der Waals surface area contributed by atoms with Gasteiger partial charge in [-0.25, -0.2) is 0 Å². The third kappa shape index (κ3) is 11.3. The van der Waals surface area contributed by atoms with Crippen LogP contribution in [0.25, 0.3) is 0 Å². The van der Waals surface area contributed by atoms with Crippen LogP contribution in [-0.4, -0.2) is 13.2 Å². The predicted molar refractivity (Wildman–Crippen MR) is 170 cm³/mol. The van der Waals surface area contributed by atoms with Crippen LogP contribution in [0.4, 0.5) is 0 Å². The Hall–Kier alpha value is -0.0400. The molecular formula is C38H70O. The molecule has 39 heavy (non-hydrogen) atoms. The minimum absolute atomic E-state index is 0.865. The largest absolute Gasteiger partial charge is 0.381 e. The van der Waals surface area contributed by atoms with Gasteiger partial charge in [-0.1, -0.05) is 104 Å². The molecule has 0 unspecified atom stereocenters. The molecule has 4 saturated carbocycles. The quantitative estimate of drug-likeness (QED) is 0.176. The molecule has 4 fully saturated rings. The van der Waals surface area contributed by atoms with Crippen molar-refractivity contribution in [1.29, 1.82) is 0 Å². The summed E-state index contributed by atoms with van der Waals surface area (Å²) in [5, 5.41) is 0. The molecule has 0 saturated heterocycles. The van der Waals surface area contributed by atoms with E-state index in [-0.39, 0.29) is 0 Å². The molecular weight excluding hydrogens is 472 g/mol. The lowest BCUT2D eigenvalue weighted by Crippen LogP contribution is -2.28. The van der Waals surface area contributed by atoms with Crippen LogP contribution in [-0.2, 0) is 4.74 Å². The van der Waals surface area contributed by atoms with E-state index < -0.39 is 0 Å². The van der Waals surface area contributed by atoms with E-state index in [1.54, 1.807) is 51.4 Å². The highest BCUT2D eigenvalue weighted by Crippen LogP contribution is 2.44. The van der Waals surface area contributed by atoms with Crippen molar-refractivity contribution in [2.45, 2.75) is 181 Å². The van der Waals surface area contributed by atoms with E-state index in [1.807, 2.05) is 0 Å². The molecule has 0 heterocycles. The molecule has 0 N–H and O–H groups in total. The van der Waals surface area contributed by atoms with Gasteiger partial charge in [0.15, 0.2) is 0 Å². The first-order valence-electron chi connectivity index (χ1n) is 18.8. The molecule has 0 aliphatic heterocycles. The fourth-order valence-corrected chi connectivity index (χ4v) is 9.67. The van der Waals surface area contributed by atoms with Gasteiger partial charge < -0.3 is 4.74 Å². The molecule has 1 nitrogen and oxygen atoms in total. The van der Waals surface area contributed by atoms with Crippen molar-refractivity contribution < 1.29 is 4.74 Å². The monoisotopic (exact) mass is 543 g/mol. The van der Waals surface area contributed by atoms with Crippen molar-refractivity contribution in [3.63, 3.8) is 0 Å². The van der Waals surface area contributed by atoms with E-state index in [4.69, 9.17) is 4.74 Å². The summed E-state index contributed by atoms with van der Waals surface area (Å²) >= 11 is 0. The maximum absolute atomic E-state index is 6.41. The SMILES string of the molecule is CCCCCCC1CCC(C2CCC(COCC3CCC(C4CCC(CCCCCC)CC4)CC3)CC2)CC1. The number of hydrogen-bond donors (Lipinski definition) is 0.